The molecule has 254 valence electrons. The maximum Gasteiger partial charge on any atom is 0.339 e. The van der Waals surface area contributed by atoms with Gasteiger partial charge in [-0.05, 0) is 94.4 Å². The molecule has 0 saturated carbocycles. The van der Waals surface area contributed by atoms with Crippen molar-refractivity contribution in [2.24, 2.45) is 5.92 Å². The van der Waals surface area contributed by atoms with Crippen LogP contribution in [0.4, 0.5) is 0 Å². The number of para-hydroxylation sites is 1. The van der Waals surface area contributed by atoms with E-state index in [1.54, 1.807) is 23.9 Å². The van der Waals surface area contributed by atoms with Crippen LogP contribution in [0.1, 0.15) is 116 Å². The standard InChI is InChI=1S/C39H57NO5S/c1-6-9-10-11-12-13-14-15-16-17-18-19-20-21-22-23-24-27-30-46-39(7-2,8-3)38(44)40-34(31-32(4)5)37(43)45-35-29-26-25-28-33(35)36(41)42/h9-10,12-13,15-16,18-19,21-22,25-26,28-29,32,34H,6-8,11,14,17,20,23-24,27,30-31H2,1-5H3,(H,40,44)(H,41,42). The Kier molecular flexibility index (Phi) is 22.0. The average Bonchev–Trinajstić information content (AvgIpc) is 3.03. The summed E-state index contributed by atoms with van der Waals surface area (Å²) in [6.45, 7) is 10.1. The number of unbranched alkanes of at least 4 members (excludes halogenated alkanes) is 2. The molecule has 6 nitrogen and oxygen atoms in total. The number of aromatic carboxylic acids is 1. The van der Waals surface area contributed by atoms with Crippen LogP contribution in [0.2, 0.25) is 0 Å². The lowest BCUT2D eigenvalue weighted by Gasteiger charge is -2.32. The van der Waals surface area contributed by atoms with Crippen molar-refractivity contribution in [1.82, 2.24) is 5.32 Å². The Hall–Kier alpha value is -3.32. The van der Waals surface area contributed by atoms with E-state index in [-0.39, 0.29) is 23.1 Å². The van der Waals surface area contributed by atoms with E-state index >= 15 is 0 Å². The van der Waals surface area contributed by atoms with Crippen molar-refractivity contribution in [3.63, 3.8) is 0 Å². The van der Waals surface area contributed by atoms with E-state index in [0.717, 1.165) is 57.1 Å². The van der Waals surface area contributed by atoms with Gasteiger partial charge in [-0.2, -0.15) is 0 Å². The lowest BCUT2D eigenvalue weighted by atomic mass is 9.98. The van der Waals surface area contributed by atoms with Crippen molar-refractivity contribution in [3.8, 4) is 5.75 Å². The minimum absolute atomic E-state index is 0.0258. The predicted octanol–water partition coefficient (Wildman–Crippen LogP) is 10.0. The van der Waals surface area contributed by atoms with Gasteiger partial charge in [-0.15, -0.1) is 11.8 Å². The Labute approximate surface area is 282 Å². The molecule has 1 rings (SSSR count). The minimum atomic E-state index is -1.18. The molecular weight excluding hydrogens is 594 g/mol. The molecule has 1 aromatic carbocycles. The number of carbonyl (C=O) groups excluding carboxylic acids is 2. The number of thioether (sulfide) groups is 1. The van der Waals surface area contributed by atoms with E-state index in [2.05, 4.69) is 73.0 Å². The average molecular weight is 652 g/mol. The van der Waals surface area contributed by atoms with E-state index in [0.29, 0.717) is 19.3 Å². The van der Waals surface area contributed by atoms with Gasteiger partial charge in [-0.25, -0.2) is 9.59 Å². The molecule has 0 bridgehead atoms. The summed E-state index contributed by atoms with van der Waals surface area (Å²) in [4.78, 5) is 38.3. The number of carboxylic acid groups (broad SMARTS) is 1. The van der Waals surface area contributed by atoms with Crippen LogP contribution in [-0.4, -0.2) is 39.5 Å². The molecule has 1 aromatic rings. The first-order valence-corrected chi connectivity index (χ1v) is 17.9. The second-order valence-corrected chi connectivity index (χ2v) is 13.1. The van der Waals surface area contributed by atoms with Gasteiger partial charge >= 0.3 is 11.9 Å². The van der Waals surface area contributed by atoms with Crippen molar-refractivity contribution < 1.29 is 24.2 Å². The monoisotopic (exact) mass is 651 g/mol. The summed E-state index contributed by atoms with van der Waals surface area (Å²) in [5.41, 5.74) is -0.0953. The number of rotatable bonds is 24. The van der Waals surface area contributed by atoms with Gasteiger partial charge < -0.3 is 15.2 Å². The first kappa shape index (κ1) is 40.7. The maximum atomic E-state index is 13.6. The van der Waals surface area contributed by atoms with E-state index in [4.69, 9.17) is 4.74 Å². The number of allylic oxidation sites excluding steroid dienone is 10. The molecule has 0 heterocycles. The normalized spacial score (nSPS) is 13.2. The number of esters is 1. The molecule has 0 radical (unpaired) electrons. The summed E-state index contributed by atoms with van der Waals surface area (Å²) in [6, 6.07) is 5.16. The van der Waals surface area contributed by atoms with E-state index in [9.17, 15) is 19.5 Å². The van der Waals surface area contributed by atoms with Crippen LogP contribution in [0, 0.1) is 5.92 Å². The summed E-state index contributed by atoms with van der Waals surface area (Å²) in [6.07, 6.45) is 31.7. The molecule has 1 unspecified atom stereocenters. The van der Waals surface area contributed by atoms with E-state index in [1.807, 2.05) is 27.7 Å². The fraction of sp³-hybridized carbons (Fsp3) is 0.513. The molecule has 0 aliphatic rings. The van der Waals surface area contributed by atoms with Gasteiger partial charge in [0.2, 0.25) is 5.91 Å². The maximum absolute atomic E-state index is 13.6. The molecule has 46 heavy (non-hydrogen) atoms. The Morgan fingerprint density at radius 2 is 1.37 bits per heavy atom. The third-order valence-electron chi connectivity index (χ3n) is 7.48. The lowest BCUT2D eigenvalue weighted by Crippen LogP contribution is -2.52. The van der Waals surface area contributed by atoms with E-state index in [1.165, 1.54) is 12.1 Å². The Morgan fingerprint density at radius 1 is 0.826 bits per heavy atom. The number of nitrogens with one attached hydrogen (secondary N) is 1. The number of carbonyl (C=O) groups is 3. The smallest absolute Gasteiger partial charge is 0.339 e. The topological polar surface area (TPSA) is 92.7 Å². The first-order chi connectivity index (χ1) is 22.2. The van der Waals surface area contributed by atoms with Crippen LogP contribution in [-0.2, 0) is 9.59 Å². The highest BCUT2D eigenvalue weighted by Crippen LogP contribution is 2.34. The molecule has 0 aliphatic carbocycles. The highest BCUT2D eigenvalue weighted by molar-refractivity contribution is 8.01. The van der Waals surface area contributed by atoms with Crippen LogP contribution in [0.5, 0.6) is 5.75 Å². The zero-order valence-corrected chi connectivity index (χ0v) is 29.5. The molecule has 1 amide bonds. The van der Waals surface area contributed by atoms with Crippen LogP contribution in [0.15, 0.2) is 85.0 Å². The third kappa shape index (κ3) is 16.8. The quantitative estimate of drug-likeness (QED) is 0.0500. The van der Waals surface area contributed by atoms with Crippen LogP contribution >= 0.6 is 11.8 Å². The van der Waals surface area contributed by atoms with Gasteiger partial charge in [-0.3, -0.25) is 4.79 Å². The third-order valence-corrected chi connectivity index (χ3v) is 9.29. The Balaban J connectivity index is 2.50. The number of hydrogen-bond acceptors (Lipinski definition) is 5. The molecule has 2 N–H and O–H groups in total. The predicted molar refractivity (Wildman–Crippen MR) is 195 cm³/mol. The second-order valence-electron chi connectivity index (χ2n) is 11.6. The van der Waals surface area contributed by atoms with Gasteiger partial charge in [0.25, 0.3) is 0 Å². The zero-order chi connectivity index (χ0) is 34.0. The van der Waals surface area contributed by atoms with Gasteiger partial charge in [0.15, 0.2) is 0 Å². The highest BCUT2D eigenvalue weighted by Gasteiger charge is 2.38. The van der Waals surface area contributed by atoms with Crippen LogP contribution in [0.25, 0.3) is 0 Å². The largest absolute Gasteiger partial charge is 0.478 e. The minimum Gasteiger partial charge on any atom is -0.478 e. The van der Waals surface area contributed by atoms with Crippen molar-refractivity contribution in [2.75, 3.05) is 5.75 Å². The molecular formula is C39H57NO5S. The fourth-order valence-electron chi connectivity index (χ4n) is 4.73. The van der Waals surface area contributed by atoms with Crippen LogP contribution in [0.3, 0.4) is 0 Å². The summed E-state index contributed by atoms with van der Waals surface area (Å²) < 4.78 is 4.85. The number of amides is 1. The Morgan fingerprint density at radius 3 is 1.89 bits per heavy atom. The fourth-order valence-corrected chi connectivity index (χ4v) is 6.07. The van der Waals surface area contributed by atoms with Crippen molar-refractivity contribution in [3.05, 3.63) is 90.6 Å². The van der Waals surface area contributed by atoms with Gasteiger partial charge in [0.05, 0.1) is 4.75 Å². The molecule has 0 spiro atoms. The molecule has 0 aromatic heterocycles. The number of benzene rings is 1. The molecule has 1 atom stereocenters. The Bertz CT molecular complexity index is 1180. The van der Waals surface area contributed by atoms with Gasteiger partial charge in [0.1, 0.15) is 17.4 Å². The summed E-state index contributed by atoms with van der Waals surface area (Å²) >= 11 is 1.66. The number of hydrogen-bond donors (Lipinski definition) is 2. The lowest BCUT2D eigenvalue weighted by molar-refractivity contribution is -0.140. The van der Waals surface area contributed by atoms with Gasteiger partial charge in [0, 0.05) is 0 Å². The SMILES string of the molecule is CCC=CCC=CCC=CCC=CCC=CCCCCSC(CC)(CC)C(=O)NC(CC(C)C)C(=O)Oc1ccccc1C(=O)O. The second kappa shape index (κ2) is 24.9. The summed E-state index contributed by atoms with van der Waals surface area (Å²) in [7, 11) is 0. The van der Waals surface area contributed by atoms with Crippen molar-refractivity contribution in [2.45, 2.75) is 116 Å². The van der Waals surface area contributed by atoms with Gasteiger partial charge in [-0.1, -0.05) is 108 Å². The highest BCUT2D eigenvalue weighted by atomic mass is 32.2. The molecule has 0 fully saturated rings. The molecule has 0 aliphatic heterocycles. The molecule has 7 heteroatoms. The van der Waals surface area contributed by atoms with Crippen molar-refractivity contribution in [1.29, 1.82) is 0 Å². The summed E-state index contributed by atoms with van der Waals surface area (Å²) in [5.74, 6) is -1.06. The molecule has 0 saturated heterocycles. The van der Waals surface area contributed by atoms with Crippen LogP contribution < -0.4 is 10.1 Å². The number of ether oxygens (including phenoxy) is 1. The summed E-state index contributed by atoms with van der Waals surface area (Å²) in [5, 5.41) is 12.4. The zero-order valence-electron chi connectivity index (χ0n) is 28.7. The van der Waals surface area contributed by atoms with Crippen molar-refractivity contribution >= 4 is 29.6 Å². The number of carboxylic acids is 1. The van der Waals surface area contributed by atoms with E-state index < -0.39 is 22.7 Å². The first-order valence-electron chi connectivity index (χ1n) is 16.9.